The molecule has 6 heteroatoms. The van der Waals surface area contributed by atoms with Crippen LogP contribution < -0.4 is 5.32 Å². The van der Waals surface area contributed by atoms with E-state index in [1.54, 1.807) is 0 Å². The summed E-state index contributed by atoms with van der Waals surface area (Å²) in [6.45, 7) is 5.61. The number of hydrogen-bond acceptors (Lipinski definition) is 6. The third-order valence-electron chi connectivity index (χ3n) is 3.43. The van der Waals surface area contributed by atoms with Crippen molar-refractivity contribution in [2.45, 2.75) is 6.54 Å². The van der Waals surface area contributed by atoms with Gasteiger partial charge in [0, 0.05) is 73.4 Å². The molecular formula is C16H27N3S3. The van der Waals surface area contributed by atoms with E-state index >= 15 is 0 Å². The fourth-order valence-electron chi connectivity index (χ4n) is 2.22. The fourth-order valence-corrected chi connectivity index (χ4v) is 5.12. The van der Waals surface area contributed by atoms with Gasteiger partial charge in [-0.15, -0.1) is 0 Å². The van der Waals surface area contributed by atoms with Gasteiger partial charge in [-0.25, -0.2) is 0 Å². The molecule has 1 saturated heterocycles. The Morgan fingerprint density at radius 1 is 0.909 bits per heavy atom. The molecule has 1 aromatic rings. The lowest BCUT2D eigenvalue weighted by atomic mass is 10.3. The lowest BCUT2D eigenvalue weighted by Gasteiger charge is -2.21. The van der Waals surface area contributed by atoms with Gasteiger partial charge in [0.25, 0.3) is 0 Å². The molecule has 3 nitrogen and oxygen atoms in total. The van der Waals surface area contributed by atoms with Crippen molar-refractivity contribution >= 4 is 35.3 Å². The first kappa shape index (κ1) is 18.5. The van der Waals surface area contributed by atoms with Gasteiger partial charge in [-0.2, -0.15) is 35.3 Å². The predicted octanol–water partition coefficient (Wildman–Crippen LogP) is 2.69. The molecule has 0 unspecified atom stereocenters. The average molecular weight is 358 g/mol. The van der Waals surface area contributed by atoms with Crippen molar-refractivity contribution in [2.75, 3.05) is 60.7 Å². The SMILES string of the molecule is c1ccc(CN2CCSCCNCCSCCSCC2)nc1. The summed E-state index contributed by atoms with van der Waals surface area (Å²) in [6, 6.07) is 6.21. The Labute approximate surface area is 147 Å². The van der Waals surface area contributed by atoms with Gasteiger partial charge in [0.2, 0.25) is 0 Å². The van der Waals surface area contributed by atoms with Crippen LogP contribution >= 0.6 is 35.3 Å². The Morgan fingerprint density at radius 2 is 1.59 bits per heavy atom. The number of nitrogens with one attached hydrogen (secondary N) is 1. The molecule has 1 aromatic heterocycles. The minimum absolute atomic E-state index is 0.981. The van der Waals surface area contributed by atoms with E-state index in [-0.39, 0.29) is 0 Å². The van der Waals surface area contributed by atoms with Crippen LogP contribution in [0.4, 0.5) is 0 Å². The van der Waals surface area contributed by atoms with Gasteiger partial charge in [0.1, 0.15) is 0 Å². The molecule has 0 amide bonds. The number of hydrogen-bond donors (Lipinski definition) is 1. The highest BCUT2D eigenvalue weighted by Crippen LogP contribution is 2.10. The summed E-state index contributed by atoms with van der Waals surface area (Å²) in [6.07, 6.45) is 1.90. The first-order chi connectivity index (χ1) is 10.9. The molecule has 22 heavy (non-hydrogen) atoms. The molecule has 2 heterocycles. The molecule has 2 rings (SSSR count). The van der Waals surface area contributed by atoms with Crippen LogP contribution in [0.3, 0.4) is 0 Å². The summed E-state index contributed by atoms with van der Waals surface area (Å²) >= 11 is 6.22. The Hall–Kier alpha value is 0.120. The molecule has 0 spiro atoms. The molecule has 0 radical (unpaired) electrons. The van der Waals surface area contributed by atoms with Gasteiger partial charge < -0.3 is 5.32 Å². The van der Waals surface area contributed by atoms with E-state index in [1.807, 2.05) is 12.3 Å². The topological polar surface area (TPSA) is 28.2 Å². The highest BCUT2D eigenvalue weighted by molar-refractivity contribution is 8.02. The number of aromatic nitrogens is 1. The Balaban J connectivity index is 1.77. The first-order valence-corrected chi connectivity index (χ1v) is 11.5. The Morgan fingerprint density at radius 3 is 2.27 bits per heavy atom. The van der Waals surface area contributed by atoms with Gasteiger partial charge in [-0.05, 0) is 12.1 Å². The molecule has 1 aliphatic rings. The maximum absolute atomic E-state index is 4.47. The van der Waals surface area contributed by atoms with Crippen molar-refractivity contribution in [1.29, 1.82) is 0 Å². The van der Waals surface area contributed by atoms with Crippen LogP contribution in [0.25, 0.3) is 0 Å². The van der Waals surface area contributed by atoms with Crippen LogP contribution in [0.1, 0.15) is 5.69 Å². The molecule has 0 bridgehead atoms. The van der Waals surface area contributed by atoms with E-state index in [1.165, 1.54) is 46.8 Å². The highest BCUT2D eigenvalue weighted by atomic mass is 32.2. The van der Waals surface area contributed by atoms with E-state index in [0.717, 1.165) is 26.2 Å². The van der Waals surface area contributed by atoms with E-state index in [0.29, 0.717) is 0 Å². The number of nitrogens with zero attached hydrogens (tertiary/aromatic N) is 2. The van der Waals surface area contributed by atoms with Gasteiger partial charge in [0.05, 0.1) is 5.69 Å². The van der Waals surface area contributed by atoms with Gasteiger partial charge in [-0.3, -0.25) is 9.88 Å². The van der Waals surface area contributed by atoms with Crippen LogP contribution in [0.5, 0.6) is 0 Å². The third-order valence-corrected chi connectivity index (χ3v) is 6.61. The molecule has 1 aliphatic heterocycles. The van der Waals surface area contributed by atoms with Crippen LogP contribution in [-0.4, -0.2) is 70.6 Å². The van der Waals surface area contributed by atoms with E-state index < -0.39 is 0 Å². The van der Waals surface area contributed by atoms with Crippen LogP contribution in [0, 0.1) is 0 Å². The Bertz CT molecular complexity index is 362. The molecule has 1 N–H and O–H groups in total. The van der Waals surface area contributed by atoms with Crippen molar-refractivity contribution in [3.8, 4) is 0 Å². The van der Waals surface area contributed by atoms with Crippen molar-refractivity contribution in [2.24, 2.45) is 0 Å². The van der Waals surface area contributed by atoms with E-state index in [9.17, 15) is 0 Å². The summed E-state index contributed by atoms with van der Waals surface area (Å²) < 4.78 is 0. The lowest BCUT2D eigenvalue weighted by molar-refractivity contribution is 0.297. The maximum atomic E-state index is 4.47. The van der Waals surface area contributed by atoms with Gasteiger partial charge in [-0.1, -0.05) is 6.07 Å². The Kier molecular flexibility index (Phi) is 10.5. The number of rotatable bonds is 2. The second-order valence-corrected chi connectivity index (χ2v) is 8.86. The summed E-state index contributed by atoms with van der Waals surface area (Å²) in [5.41, 5.74) is 1.19. The zero-order valence-corrected chi connectivity index (χ0v) is 15.7. The minimum Gasteiger partial charge on any atom is -0.315 e. The van der Waals surface area contributed by atoms with Crippen LogP contribution in [0.15, 0.2) is 24.4 Å². The van der Waals surface area contributed by atoms with Crippen LogP contribution in [-0.2, 0) is 6.54 Å². The monoisotopic (exact) mass is 357 g/mol. The van der Waals surface area contributed by atoms with Crippen molar-refractivity contribution < 1.29 is 0 Å². The molecule has 0 saturated carbocycles. The number of pyridine rings is 1. The molecule has 0 atom stereocenters. The molecular weight excluding hydrogens is 330 g/mol. The zero-order valence-electron chi connectivity index (χ0n) is 13.2. The van der Waals surface area contributed by atoms with Gasteiger partial charge >= 0.3 is 0 Å². The molecule has 1 fully saturated rings. The first-order valence-electron chi connectivity index (χ1n) is 8.01. The van der Waals surface area contributed by atoms with Crippen molar-refractivity contribution in [3.05, 3.63) is 30.1 Å². The normalized spacial score (nSPS) is 20.9. The summed E-state index contributed by atoms with van der Waals surface area (Å²) in [5, 5.41) is 3.53. The molecule has 0 aliphatic carbocycles. The second-order valence-electron chi connectivity index (χ2n) is 5.18. The van der Waals surface area contributed by atoms with Crippen molar-refractivity contribution in [1.82, 2.24) is 15.2 Å². The smallest absolute Gasteiger partial charge is 0.0543 e. The minimum atomic E-state index is 0.981. The van der Waals surface area contributed by atoms with E-state index in [2.05, 4.69) is 62.6 Å². The molecule has 0 aromatic carbocycles. The second kappa shape index (κ2) is 12.5. The standard InChI is InChI=1S/C16H27N3S3/c1-2-4-18-16(3-1)15-19-7-11-20-9-5-17-6-10-21-13-14-22-12-8-19/h1-4,17H,5-15H2. The fraction of sp³-hybridized carbons (Fsp3) is 0.688. The average Bonchev–Trinajstić information content (AvgIpc) is 2.56. The number of thioether (sulfide) groups is 3. The summed E-state index contributed by atoms with van der Waals surface area (Å²) in [4.78, 5) is 7.03. The summed E-state index contributed by atoms with van der Waals surface area (Å²) in [7, 11) is 0. The van der Waals surface area contributed by atoms with Gasteiger partial charge in [0.15, 0.2) is 0 Å². The zero-order chi connectivity index (χ0) is 15.3. The quantitative estimate of drug-likeness (QED) is 0.875. The van der Waals surface area contributed by atoms with Crippen LogP contribution in [0.2, 0.25) is 0 Å². The largest absolute Gasteiger partial charge is 0.315 e. The third kappa shape index (κ3) is 8.67. The van der Waals surface area contributed by atoms with Crippen molar-refractivity contribution in [3.63, 3.8) is 0 Å². The van der Waals surface area contributed by atoms with E-state index in [4.69, 9.17) is 0 Å². The predicted molar refractivity (Wildman–Crippen MR) is 104 cm³/mol. The maximum Gasteiger partial charge on any atom is 0.0543 e. The lowest BCUT2D eigenvalue weighted by Crippen LogP contribution is -2.29. The molecule has 124 valence electrons. The summed E-state index contributed by atoms with van der Waals surface area (Å²) in [5.74, 6) is 7.47. The highest BCUT2D eigenvalue weighted by Gasteiger charge is 2.07.